The summed E-state index contributed by atoms with van der Waals surface area (Å²) in [5.41, 5.74) is -4.29. The number of hydrogen-bond acceptors (Lipinski definition) is 5. The normalized spacial score (nSPS) is 18.9. The predicted octanol–water partition coefficient (Wildman–Crippen LogP) is 5.41. The van der Waals surface area contributed by atoms with E-state index in [1.54, 1.807) is 0 Å². The maximum absolute atomic E-state index is 13.4. The lowest BCUT2D eigenvalue weighted by Gasteiger charge is -2.48. The van der Waals surface area contributed by atoms with Gasteiger partial charge in [-0.2, -0.15) is 21.6 Å². The van der Waals surface area contributed by atoms with Gasteiger partial charge in [0.1, 0.15) is 17.4 Å². The fourth-order valence-electron chi connectivity index (χ4n) is 4.18. The highest BCUT2D eigenvalue weighted by Gasteiger charge is 2.50. The Hall–Kier alpha value is -3.51. The Morgan fingerprint density at radius 1 is 0.892 bits per heavy atom. The van der Waals surface area contributed by atoms with E-state index in [1.807, 2.05) is 0 Å². The lowest BCUT2D eigenvalue weighted by Crippen LogP contribution is -2.55. The maximum Gasteiger partial charge on any atom is 0.534 e. The molecule has 0 aliphatic carbocycles. The molecule has 12 heteroatoms. The number of aliphatic hydroxyl groups excluding tert-OH is 1. The summed E-state index contributed by atoms with van der Waals surface area (Å²) >= 11 is 0. The van der Waals surface area contributed by atoms with Gasteiger partial charge in [-0.3, -0.25) is 4.79 Å². The van der Waals surface area contributed by atoms with Crippen LogP contribution in [0, 0.1) is 17.6 Å². The average Bonchev–Trinajstić information content (AvgIpc) is 2.84. The molecule has 0 spiro atoms. The smallest absolute Gasteiger partial charge is 0.388 e. The minimum atomic E-state index is -5.85. The summed E-state index contributed by atoms with van der Waals surface area (Å²) in [7, 11) is -5.85. The van der Waals surface area contributed by atoms with Crippen LogP contribution in [-0.4, -0.2) is 24.9 Å². The Labute approximate surface area is 209 Å². The van der Waals surface area contributed by atoms with E-state index in [4.69, 9.17) is 0 Å². The molecule has 1 aliphatic rings. The van der Waals surface area contributed by atoms with E-state index >= 15 is 0 Å². The molecule has 3 aromatic carbocycles. The predicted molar refractivity (Wildman–Crippen MR) is 123 cm³/mol. The molecule has 0 aromatic heterocycles. The van der Waals surface area contributed by atoms with Gasteiger partial charge >= 0.3 is 15.6 Å². The molecule has 37 heavy (non-hydrogen) atoms. The van der Waals surface area contributed by atoms with E-state index in [2.05, 4.69) is 4.18 Å². The number of aliphatic hydroxyl groups is 1. The van der Waals surface area contributed by atoms with Crippen LogP contribution in [0.1, 0.15) is 36.1 Å². The zero-order valence-electron chi connectivity index (χ0n) is 18.9. The molecule has 1 N–H and O–H groups in total. The van der Waals surface area contributed by atoms with Crippen molar-refractivity contribution in [1.29, 1.82) is 0 Å². The summed E-state index contributed by atoms with van der Waals surface area (Å²) in [6, 6.07) is 14.5. The van der Waals surface area contributed by atoms with Gasteiger partial charge in [0.25, 0.3) is 0 Å². The molecule has 1 fully saturated rings. The lowest BCUT2D eigenvalue weighted by atomic mass is 9.78. The van der Waals surface area contributed by atoms with Crippen LogP contribution >= 0.6 is 0 Å². The van der Waals surface area contributed by atoms with Gasteiger partial charge in [0.2, 0.25) is 5.91 Å². The van der Waals surface area contributed by atoms with Crippen molar-refractivity contribution in [3.63, 3.8) is 0 Å². The number of β-lactam (4-membered cyclic amide) rings is 1. The summed E-state index contributed by atoms with van der Waals surface area (Å²) in [6.45, 7) is 0. The molecule has 1 aliphatic heterocycles. The molecule has 0 radical (unpaired) electrons. The number of anilines is 1. The van der Waals surface area contributed by atoms with Crippen molar-refractivity contribution in [2.24, 2.45) is 5.92 Å². The molecular weight excluding hydrogens is 521 g/mol. The lowest BCUT2D eigenvalue weighted by molar-refractivity contribution is -0.131. The van der Waals surface area contributed by atoms with Gasteiger partial charge in [-0.15, -0.1) is 0 Å². The Bertz CT molecular complexity index is 1360. The summed E-state index contributed by atoms with van der Waals surface area (Å²) in [6.07, 6.45) is -0.612. The number of benzene rings is 3. The quantitative estimate of drug-likeness (QED) is 0.178. The van der Waals surface area contributed by atoms with Gasteiger partial charge in [0, 0.05) is 5.69 Å². The molecule has 0 saturated carbocycles. The fourth-order valence-corrected chi connectivity index (χ4v) is 4.64. The SMILES string of the molecule is O=C1C(CC[C@H](O)c2ccc(F)cc2)[C@@H](c2ccc(OS(=O)(=O)C(F)(F)F)cc2)N1c1ccc(F)cc1. The van der Waals surface area contributed by atoms with Crippen LogP contribution in [0.25, 0.3) is 0 Å². The van der Waals surface area contributed by atoms with E-state index < -0.39 is 51.1 Å². The highest BCUT2D eigenvalue weighted by Crippen LogP contribution is 2.46. The molecule has 196 valence electrons. The Kier molecular flexibility index (Phi) is 7.24. The molecule has 1 heterocycles. The Balaban J connectivity index is 1.57. The molecule has 1 unspecified atom stereocenters. The number of carbonyl (C=O) groups is 1. The van der Waals surface area contributed by atoms with Crippen LogP contribution in [0.2, 0.25) is 0 Å². The third kappa shape index (κ3) is 5.59. The van der Waals surface area contributed by atoms with E-state index in [-0.39, 0.29) is 18.7 Å². The third-order valence-electron chi connectivity index (χ3n) is 6.04. The molecule has 4 rings (SSSR count). The zero-order chi connectivity index (χ0) is 27.0. The Morgan fingerprint density at radius 2 is 1.43 bits per heavy atom. The number of amides is 1. The van der Waals surface area contributed by atoms with Gasteiger partial charge in [0.15, 0.2) is 0 Å². The molecule has 0 bridgehead atoms. The van der Waals surface area contributed by atoms with Gasteiger partial charge in [-0.1, -0.05) is 24.3 Å². The first-order chi connectivity index (χ1) is 17.4. The highest BCUT2D eigenvalue weighted by atomic mass is 32.2. The van der Waals surface area contributed by atoms with Crippen LogP contribution in [0.15, 0.2) is 72.8 Å². The average molecular weight is 541 g/mol. The van der Waals surface area contributed by atoms with E-state index in [9.17, 15) is 40.3 Å². The van der Waals surface area contributed by atoms with Crippen molar-refractivity contribution in [3.05, 3.63) is 95.6 Å². The van der Waals surface area contributed by atoms with Crippen LogP contribution in [-0.2, 0) is 14.9 Å². The number of hydrogen-bond donors (Lipinski definition) is 1. The number of alkyl halides is 3. The molecular formula is C25H20F5NO5S. The number of carbonyl (C=O) groups excluding carboxylic acids is 1. The minimum Gasteiger partial charge on any atom is -0.388 e. The maximum atomic E-state index is 13.4. The molecule has 1 amide bonds. The fraction of sp³-hybridized carbons (Fsp3) is 0.240. The van der Waals surface area contributed by atoms with Crippen molar-refractivity contribution in [2.75, 3.05) is 4.90 Å². The van der Waals surface area contributed by atoms with Gasteiger partial charge in [0.05, 0.1) is 18.1 Å². The second-order valence-electron chi connectivity index (χ2n) is 8.43. The molecule has 3 atom stereocenters. The second-order valence-corrected chi connectivity index (χ2v) is 9.97. The summed E-state index contributed by atoms with van der Waals surface area (Å²) in [5.74, 6) is -2.51. The van der Waals surface area contributed by atoms with E-state index in [1.165, 1.54) is 65.6 Å². The van der Waals surface area contributed by atoms with Crippen molar-refractivity contribution < 1.29 is 44.5 Å². The highest BCUT2D eigenvalue weighted by molar-refractivity contribution is 7.88. The third-order valence-corrected chi connectivity index (χ3v) is 7.01. The second kappa shape index (κ2) is 10.1. The topological polar surface area (TPSA) is 83.9 Å². The van der Waals surface area contributed by atoms with E-state index in [0.717, 1.165) is 12.1 Å². The first-order valence-electron chi connectivity index (χ1n) is 11.0. The van der Waals surface area contributed by atoms with Crippen molar-refractivity contribution in [1.82, 2.24) is 0 Å². The Morgan fingerprint density at radius 3 is 1.97 bits per heavy atom. The molecule has 1 saturated heterocycles. The van der Waals surface area contributed by atoms with Crippen LogP contribution in [0.5, 0.6) is 5.75 Å². The van der Waals surface area contributed by atoms with Crippen molar-refractivity contribution in [2.45, 2.75) is 30.5 Å². The summed E-state index contributed by atoms with van der Waals surface area (Å²) in [4.78, 5) is 14.4. The monoisotopic (exact) mass is 541 g/mol. The van der Waals surface area contributed by atoms with Crippen molar-refractivity contribution >= 4 is 21.7 Å². The molecule has 3 aromatic rings. The van der Waals surface area contributed by atoms with Gasteiger partial charge < -0.3 is 14.2 Å². The largest absolute Gasteiger partial charge is 0.534 e. The first kappa shape index (κ1) is 26.6. The first-order valence-corrected chi connectivity index (χ1v) is 12.4. The number of nitrogens with zero attached hydrogens (tertiary/aromatic N) is 1. The standard InChI is InChI=1S/C25H20F5NO5S/c26-17-5-1-15(2-6-17)22(32)14-13-21-23(31(24(21)33)19-9-7-18(27)8-10-19)16-3-11-20(12-4-16)36-37(34,35)25(28,29)30/h1-12,21-23,32H,13-14H2/t21?,22-,23+/m0/s1. The number of halogens is 5. The minimum absolute atomic E-state index is 0.154. The van der Waals surface area contributed by atoms with Crippen LogP contribution in [0.4, 0.5) is 27.6 Å². The van der Waals surface area contributed by atoms with Gasteiger partial charge in [-0.05, 0) is 72.5 Å². The summed E-state index contributed by atoms with van der Waals surface area (Å²) in [5, 5.41) is 10.5. The van der Waals surface area contributed by atoms with Crippen molar-refractivity contribution in [3.8, 4) is 5.75 Å². The van der Waals surface area contributed by atoms with Crippen LogP contribution < -0.4 is 9.08 Å². The van der Waals surface area contributed by atoms with E-state index in [0.29, 0.717) is 16.8 Å². The van der Waals surface area contributed by atoms with Crippen LogP contribution in [0.3, 0.4) is 0 Å². The summed E-state index contributed by atoms with van der Waals surface area (Å²) < 4.78 is 91.1. The number of rotatable bonds is 8. The van der Waals surface area contributed by atoms with Gasteiger partial charge in [-0.25, -0.2) is 8.78 Å². The zero-order valence-corrected chi connectivity index (χ0v) is 19.7. The molecule has 6 nitrogen and oxygen atoms in total.